The summed E-state index contributed by atoms with van der Waals surface area (Å²) in [6.07, 6.45) is 7.82. The largest absolute Gasteiger partial charge is 0.494 e. The van der Waals surface area contributed by atoms with E-state index in [4.69, 9.17) is 9.73 Å². The van der Waals surface area contributed by atoms with Crippen LogP contribution in [0.2, 0.25) is 0 Å². The van der Waals surface area contributed by atoms with Crippen LogP contribution in [0.4, 0.5) is 5.69 Å². The number of ether oxygens (including phenoxy) is 1. The van der Waals surface area contributed by atoms with Crippen molar-refractivity contribution in [1.29, 1.82) is 0 Å². The van der Waals surface area contributed by atoms with E-state index in [0.717, 1.165) is 54.5 Å². The van der Waals surface area contributed by atoms with Gasteiger partial charge in [-0.3, -0.25) is 0 Å². The fourth-order valence-corrected chi connectivity index (χ4v) is 4.55. The Morgan fingerprint density at radius 1 is 1.31 bits per heavy atom. The first kappa shape index (κ1) is 15.8. The van der Waals surface area contributed by atoms with Crippen LogP contribution in [-0.4, -0.2) is 41.5 Å². The van der Waals surface area contributed by atoms with Crippen molar-refractivity contribution in [2.45, 2.75) is 43.6 Å². The molecule has 0 unspecified atom stereocenters. The zero-order valence-corrected chi connectivity index (χ0v) is 15.2. The second-order valence-electron chi connectivity index (χ2n) is 7.42. The van der Waals surface area contributed by atoms with Crippen LogP contribution in [-0.2, 0) is 5.41 Å². The van der Waals surface area contributed by atoms with Gasteiger partial charge in [0.05, 0.1) is 30.5 Å². The molecule has 26 heavy (non-hydrogen) atoms. The van der Waals surface area contributed by atoms with E-state index in [9.17, 15) is 0 Å². The van der Waals surface area contributed by atoms with E-state index in [1.165, 1.54) is 18.4 Å². The highest BCUT2D eigenvalue weighted by molar-refractivity contribution is 6.01. The van der Waals surface area contributed by atoms with Gasteiger partial charge in [-0.15, -0.1) is 5.10 Å². The summed E-state index contributed by atoms with van der Waals surface area (Å²) in [5.74, 6) is 1.89. The molecule has 2 aliphatic heterocycles. The maximum Gasteiger partial charge on any atom is 0.145 e. The highest BCUT2D eigenvalue weighted by Crippen LogP contribution is 2.53. The lowest BCUT2D eigenvalue weighted by Gasteiger charge is -2.40. The van der Waals surface area contributed by atoms with Crippen LogP contribution in [0.5, 0.6) is 5.75 Å². The molecule has 136 valence electrons. The van der Waals surface area contributed by atoms with Crippen LogP contribution < -0.4 is 15.4 Å². The molecule has 3 aliphatic rings. The topological polar surface area (TPSA) is 76.4 Å². The van der Waals surface area contributed by atoms with Gasteiger partial charge in [-0.2, -0.15) is 0 Å². The first-order valence-electron chi connectivity index (χ1n) is 9.40. The SMILES string of the molecule is CNC1=Nc2cc(-n3cc([C@H]4CCCN4)nn3)c(OC)cc2C12CCC2. The van der Waals surface area contributed by atoms with Gasteiger partial charge in [0.15, 0.2) is 0 Å². The zero-order valence-electron chi connectivity index (χ0n) is 15.2. The summed E-state index contributed by atoms with van der Waals surface area (Å²) >= 11 is 0. The highest BCUT2D eigenvalue weighted by Gasteiger charge is 2.48. The van der Waals surface area contributed by atoms with Crippen molar-refractivity contribution in [3.05, 3.63) is 29.6 Å². The minimum Gasteiger partial charge on any atom is -0.494 e. The van der Waals surface area contributed by atoms with E-state index in [1.807, 2.05) is 17.9 Å². The minimum absolute atomic E-state index is 0.0528. The highest BCUT2D eigenvalue weighted by atomic mass is 16.5. The van der Waals surface area contributed by atoms with E-state index in [-0.39, 0.29) is 5.41 Å². The van der Waals surface area contributed by atoms with Crippen molar-refractivity contribution in [1.82, 2.24) is 25.6 Å². The molecule has 7 nitrogen and oxygen atoms in total. The third kappa shape index (κ3) is 2.13. The number of likely N-dealkylation sites (N-methyl/N-ethyl adjacent to an activating group) is 1. The predicted molar refractivity (Wildman–Crippen MR) is 99.6 cm³/mol. The maximum atomic E-state index is 5.71. The maximum absolute atomic E-state index is 5.71. The van der Waals surface area contributed by atoms with Gasteiger partial charge in [-0.25, -0.2) is 9.67 Å². The number of methoxy groups -OCH3 is 1. The van der Waals surface area contributed by atoms with Gasteiger partial charge in [0.1, 0.15) is 23.0 Å². The Balaban J connectivity index is 1.57. The molecule has 0 amide bonds. The number of nitrogens with zero attached hydrogens (tertiary/aromatic N) is 4. The van der Waals surface area contributed by atoms with Crippen molar-refractivity contribution in [3.8, 4) is 11.4 Å². The predicted octanol–water partition coefficient (Wildman–Crippen LogP) is 2.39. The van der Waals surface area contributed by atoms with Crippen molar-refractivity contribution in [2.75, 3.05) is 20.7 Å². The number of rotatable bonds is 3. The fraction of sp³-hybridized carbons (Fsp3) is 0.526. The van der Waals surface area contributed by atoms with Gasteiger partial charge in [0.25, 0.3) is 0 Å². The Morgan fingerprint density at radius 3 is 2.85 bits per heavy atom. The number of aromatic nitrogens is 3. The zero-order chi connectivity index (χ0) is 17.7. The van der Waals surface area contributed by atoms with Gasteiger partial charge >= 0.3 is 0 Å². The molecular weight excluding hydrogens is 328 g/mol. The number of benzene rings is 1. The summed E-state index contributed by atoms with van der Waals surface area (Å²) in [6, 6.07) is 4.53. The molecular formula is C19H24N6O. The first-order chi connectivity index (χ1) is 12.7. The average molecular weight is 352 g/mol. The van der Waals surface area contributed by atoms with Crippen molar-refractivity contribution < 1.29 is 4.74 Å². The minimum atomic E-state index is 0.0528. The van der Waals surface area contributed by atoms with Crippen LogP contribution in [0.25, 0.3) is 5.69 Å². The summed E-state index contributed by atoms with van der Waals surface area (Å²) in [5, 5.41) is 15.5. The molecule has 0 radical (unpaired) electrons. The number of amidine groups is 1. The number of fused-ring (bicyclic) bond motifs is 2. The van der Waals surface area contributed by atoms with Gasteiger partial charge in [-0.05, 0) is 49.9 Å². The molecule has 1 saturated heterocycles. The molecule has 1 aliphatic carbocycles. The number of hydrogen-bond acceptors (Lipinski definition) is 6. The van der Waals surface area contributed by atoms with E-state index in [1.54, 1.807) is 7.11 Å². The molecule has 1 saturated carbocycles. The summed E-state index contributed by atoms with van der Waals surface area (Å²) < 4.78 is 7.53. The quantitative estimate of drug-likeness (QED) is 0.887. The van der Waals surface area contributed by atoms with Gasteiger partial charge < -0.3 is 15.4 Å². The number of nitrogens with one attached hydrogen (secondary N) is 2. The molecule has 1 spiro atoms. The van der Waals surface area contributed by atoms with Crippen LogP contribution >= 0.6 is 0 Å². The van der Waals surface area contributed by atoms with Gasteiger partial charge in [0.2, 0.25) is 0 Å². The van der Waals surface area contributed by atoms with E-state index >= 15 is 0 Å². The molecule has 0 bridgehead atoms. The van der Waals surface area contributed by atoms with E-state index < -0.39 is 0 Å². The van der Waals surface area contributed by atoms with Crippen LogP contribution in [0.3, 0.4) is 0 Å². The third-order valence-electron chi connectivity index (χ3n) is 6.12. The van der Waals surface area contributed by atoms with Crippen molar-refractivity contribution in [2.24, 2.45) is 4.99 Å². The van der Waals surface area contributed by atoms with Crippen molar-refractivity contribution >= 4 is 11.5 Å². The summed E-state index contributed by atoms with van der Waals surface area (Å²) in [5.41, 5.74) is 4.21. The lowest BCUT2D eigenvalue weighted by Crippen LogP contribution is -2.45. The van der Waals surface area contributed by atoms with Gasteiger partial charge in [-0.1, -0.05) is 11.6 Å². The summed E-state index contributed by atoms with van der Waals surface area (Å²) in [7, 11) is 3.67. The summed E-state index contributed by atoms with van der Waals surface area (Å²) in [6.45, 7) is 1.04. The lowest BCUT2D eigenvalue weighted by atomic mass is 9.64. The van der Waals surface area contributed by atoms with Crippen molar-refractivity contribution in [3.63, 3.8) is 0 Å². The molecule has 7 heteroatoms. The molecule has 2 aromatic rings. The normalized spacial score (nSPS) is 22.8. The smallest absolute Gasteiger partial charge is 0.145 e. The monoisotopic (exact) mass is 352 g/mol. The fourth-order valence-electron chi connectivity index (χ4n) is 4.55. The van der Waals surface area contributed by atoms with Crippen LogP contribution in [0.15, 0.2) is 23.3 Å². The number of hydrogen-bond donors (Lipinski definition) is 2. The first-order valence-corrected chi connectivity index (χ1v) is 9.40. The number of aliphatic imine (C=N–C) groups is 1. The third-order valence-corrected chi connectivity index (χ3v) is 6.12. The molecule has 3 heterocycles. The Bertz CT molecular complexity index is 876. The van der Waals surface area contributed by atoms with Crippen LogP contribution in [0.1, 0.15) is 49.4 Å². The Morgan fingerprint density at radius 2 is 2.19 bits per heavy atom. The Labute approximate surface area is 152 Å². The van der Waals surface area contributed by atoms with E-state index in [0.29, 0.717) is 6.04 Å². The standard InChI is InChI=1S/C19H24N6O/c1-20-18-19(6-4-7-19)12-9-17(26-2)16(10-14(12)22-18)25-11-15(23-24-25)13-5-3-8-21-13/h9-11,13,21H,3-8H2,1-2H3,(H,20,22)/t13-/m1/s1. The Hall–Kier alpha value is -2.41. The molecule has 2 N–H and O–H groups in total. The summed E-state index contributed by atoms with van der Waals surface area (Å²) in [4.78, 5) is 4.87. The molecule has 5 rings (SSSR count). The molecule has 1 aromatic carbocycles. The molecule has 1 atom stereocenters. The molecule has 2 fully saturated rings. The Kier molecular flexibility index (Phi) is 3.53. The lowest BCUT2D eigenvalue weighted by molar-refractivity contribution is 0.338. The van der Waals surface area contributed by atoms with Crippen LogP contribution in [0, 0.1) is 0 Å². The second-order valence-corrected chi connectivity index (χ2v) is 7.42. The second kappa shape index (κ2) is 5.81. The van der Waals surface area contributed by atoms with Gasteiger partial charge in [0, 0.05) is 7.05 Å². The molecule has 1 aromatic heterocycles. The average Bonchev–Trinajstić information content (AvgIpc) is 3.35. The van der Waals surface area contributed by atoms with E-state index in [2.05, 4.69) is 33.1 Å².